The zero-order chi connectivity index (χ0) is 14.7. The van der Waals surface area contributed by atoms with Crippen molar-refractivity contribution in [2.45, 2.75) is 6.92 Å². The maximum absolute atomic E-state index is 12.2. The van der Waals surface area contributed by atoms with Crippen molar-refractivity contribution in [2.24, 2.45) is 0 Å². The molecule has 0 N–H and O–H groups in total. The topological polar surface area (TPSA) is 38.8 Å². The largest absolute Gasteiger partial charge is 0.497 e. The van der Waals surface area contributed by atoms with Crippen molar-refractivity contribution >= 4 is 40.3 Å². The second-order valence-electron chi connectivity index (χ2n) is 4.03. The van der Waals surface area contributed by atoms with Crippen molar-refractivity contribution < 1.29 is 14.3 Å². The van der Waals surface area contributed by atoms with Gasteiger partial charge in [0, 0.05) is 18.2 Å². The van der Waals surface area contributed by atoms with Gasteiger partial charge in [-0.25, -0.2) is 0 Å². The van der Waals surface area contributed by atoms with E-state index in [9.17, 15) is 4.79 Å². The molecule has 1 saturated heterocycles. The number of thioether (sulfide) groups is 1. The van der Waals surface area contributed by atoms with E-state index in [-0.39, 0.29) is 5.91 Å². The van der Waals surface area contributed by atoms with Crippen LogP contribution in [0.15, 0.2) is 23.1 Å². The van der Waals surface area contributed by atoms with Gasteiger partial charge in [0.1, 0.15) is 15.8 Å². The second-order valence-corrected chi connectivity index (χ2v) is 5.71. The molecule has 1 aliphatic rings. The van der Waals surface area contributed by atoms with Gasteiger partial charge in [-0.3, -0.25) is 9.69 Å². The van der Waals surface area contributed by atoms with E-state index in [1.54, 1.807) is 31.3 Å². The van der Waals surface area contributed by atoms with E-state index in [4.69, 9.17) is 21.7 Å². The van der Waals surface area contributed by atoms with Gasteiger partial charge in [-0.15, -0.1) is 0 Å². The Morgan fingerprint density at radius 3 is 2.65 bits per heavy atom. The van der Waals surface area contributed by atoms with Gasteiger partial charge in [0.2, 0.25) is 0 Å². The fraction of sp³-hybridized carbons (Fsp3) is 0.286. The molecule has 2 rings (SSSR count). The zero-order valence-corrected chi connectivity index (χ0v) is 13.1. The van der Waals surface area contributed by atoms with Crippen molar-refractivity contribution in [3.63, 3.8) is 0 Å². The first-order valence-corrected chi connectivity index (χ1v) is 7.30. The summed E-state index contributed by atoms with van der Waals surface area (Å²) in [6.07, 6.45) is 1.80. The molecule has 1 fully saturated rings. The quantitative estimate of drug-likeness (QED) is 0.631. The Hall–Kier alpha value is -1.53. The van der Waals surface area contributed by atoms with E-state index in [1.807, 2.05) is 19.1 Å². The average Bonchev–Trinajstić information content (AvgIpc) is 2.73. The monoisotopic (exact) mass is 309 g/mol. The number of hydrogen-bond acceptors (Lipinski definition) is 5. The third kappa shape index (κ3) is 2.81. The van der Waals surface area contributed by atoms with Crippen LogP contribution in [-0.2, 0) is 4.79 Å². The molecule has 0 spiro atoms. The number of thiocarbonyl (C=S) groups is 1. The molecular weight excluding hydrogens is 294 g/mol. The SMILES string of the molecule is CCN1C(=O)/C(=C/c2ccc(OC)cc2OC)SC1=S. The van der Waals surface area contributed by atoms with E-state index < -0.39 is 0 Å². The van der Waals surface area contributed by atoms with Crippen molar-refractivity contribution in [3.05, 3.63) is 28.7 Å². The van der Waals surface area contributed by atoms with Crippen molar-refractivity contribution in [1.82, 2.24) is 4.90 Å². The standard InChI is InChI=1S/C14H15NO3S2/c1-4-15-13(16)12(20-14(15)19)7-9-5-6-10(17-2)8-11(9)18-3/h5-8H,4H2,1-3H3/b12-7-. The van der Waals surface area contributed by atoms with Crippen molar-refractivity contribution in [2.75, 3.05) is 20.8 Å². The van der Waals surface area contributed by atoms with Crippen LogP contribution in [0.25, 0.3) is 6.08 Å². The van der Waals surface area contributed by atoms with E-state index in [0.717, 1.165) is 5.56 Å². The molecule has 0 bridgehead atoms. The van der Waals surface area contributed by atoms with E-state index in [2.05, 4.69) is 0 Å². The number of carbonyl (C=O) groups is 1. The minimum Gasteiger partial charge on any atom is -0.497 e. The van der Waals surface area contributed by atoms with Gasteiger partial charge in [-0.05, 0) is 25.1 Å². The molecule has 106 valence electrons. The number of methoxy groups -OCH3 is 2. The summed E-state index contributed by atoms with van der Waals surface area (Å²) in [4.78, 5) is 14.4. The summed E-state index contributed by atoms with van der Waals surface area (Å²) in [7, 11) is 3.18. The minimum atomic E-state index is -0.0552. The molecule has 1 aromatic carbocycles. The third-order valence-corrected chi connectivity index (χ3v) is 4.29. The van der Waals surface area contributed by atoms with E-state index >= 15 is 0 Å². The second kappa shape index (κ2) is 6.28. The van der Waals surface area contributed by atoms with Crippen molar-refractivity contribution in [3.8, 4) is 11.5 Å². The maximum Gasteiger partial charge on any atom is 0.266 e. The molecule has 20 heavy (non-hydrogen) atoms. The summed E-state index contributed by atoms with van der Waals surface area (Å²) in [5, 5.41) is 0. The summed E-state index contributed by atoms with van der Waals surface area (Å²) in [5.74, 6) is 1.31. The lowest BCUT2D eigenvalue weighted by atomic mass is 10.1. The van der Waals surface area contributed by atoms with Gasteiger partial charge in [-0.2, -0.15) is 0 Å². The Morgan fingerprint density at radius 2 is 2.10 bits per heavy atom. The molecule has 0 aromatic heterocycles. The normalized spacial score (nSPS) is 16.9. The number of ether oxygens (including phenoxy) is 2. The highest BCUT2D eigenvalue weighted by atomic mass is 32.2. The molecule has 1 heterocycles. The molecule has 4 nitrogen and oxygen atoms in total. The lowest BCUT2D eigenvalue weighted by molar-refractivity contribution is -0.121. The number of amides is 1. The number of benzene rings is 1. The summed E-state index contributed by atoms with van der Waals surface area (Å²) < 4.78 is 11.1. The number of hydrogen-bond donors (Lipinski definition) is 0. The van der Waals surface area contributed by atoms with Crippen LogP contribution in [0.4, 0.5) is 0 Å². The van der Waals surface area contributed by atoms with Crippen LogP contribution in [0, 0.1) is 0 Å². The zero-order valence-electron chi connectivity index (χ0n) is 11.5. The number of carbonyl (C=O) groups excluding carboxylic acids is 1. The third-order valence-electron chi connectivity index (χ3n) is 2.92. The van der Waals surface area contributed by atoms with Gasteiger partial charge >= 0.3 is 0 Å². The lowest BCUT2D eigenvalue weighted by Gasteiger charge is -2.10. The van der Waals surface area contributed by atoms with Gasteiger partial charge in [0.15, 0.2) is 0 Å². The predicted octanol–water partition coefficient (Wildman–Crippen LogP) is 2.92. The Balaban J connectivity index is 2.36. The van der Waals surface area contributed by atoms with Gasteiger partial charge in [0.05, 0.1) is 19.1 Å². The molecule has 0 radical (unpaired) electrons. The predicted molar refractivity (Wildman–Crippen MR) is 85.1 cm³/mol. The molecule has 1 aromatic rings. The van der Waals surface area contributed by atoms with Crippen LogP contribution in [-0.4, -0.2) is 35.9 Å². The summed E-state index contributed by atoms with van der Waals surface area (Å²) in [6, 6.07) is 5.47. The highest BCUT2D eigenvalue weighted by Gasteiger charge is 2.30. The van der Waals surface area contributed by atoms with Gasteiger partial charge < -0.3 is 9.47 Å². The number of nitrogens with zero attached hydrogens (tertiary/aromatic N) is 1. The number of rotatable bonds is 4. The Kier molecular flexibility index (Phi) is 4.67. The molecular formula is C14H15NO3S2. The summed E-state index contributed by atoms with van der Waals surface area (Å²) >= 11 is 6.50. The summed E-state index contributed by atoms with van der Waals surface area (Å²) in [6.45, 7) is 2.49. The molecule has 0 atom stereocenters. The fourth-order valence-corrected chi connectivity index (χ4v) is 3.23. The van der Waals surface area contributed by atoms with E-state index in [1.165, 1.54) is 11.8 Å². The molecule has 0 unspecified atom stereocenters. The lowest BCUT2D eigenvalue weighted by Crippen LogP contribution is -2.27. The minimum absolute atomic E-state index is 0.0552. The van der Waals surface area contributed by atoms with Crippen LogP contribution in [0.5, 0.6) is 11.5 Å². The Bertz CT molecular complexity index is 584. The van der Waals surface area contributed by atoms with Gasteiger partial charge in [0.25, 0.3) is 5.91 Å². The smallest absolute Gasteiger partial charge is 0.266 e. The molecule has 0 aliphatic carbocycles. The molecule has 1 amide bonds. The maximum atomic E-state index is 12.2. The van der Waals surface area contributed by atoms with Crippen LogP contribution >= 0.6 is 24.0 Å². The first-order valence-electron chi connectivity index (χ1n) is 6.08. The van der Waals surface area contributed by atoms with E-state index in [0.29, 0.717) is 27.3 Å². The molecule has 1 aliphatic heterocycles. The molecule has 6 heteroatoms. The number of likely N-dealkylation sites (N-methyl/N-ethyl adjacent to an activating group) is 1. The van der Waals surface area contributed by atoms with Gasteiger partial charge in [-0.1, -0.05) is 24.0 Å². The van der Waals surface area contributed by atoms with Crippen LogP contribution in [0.3, 0.4) is 0 Å². The highest BCUT2D eigenvalue weighted by Crippen LogP contribution is 2.34. The highest BCUT2D eigenvalue weighted by molar-refractivity contribution is 8.26. The average molecular weight is 309 g/mol. The van der Waals surface area contributed by atoms with Crippen LogP contribution in [0.1, 0.15) is 12.5 Å². The van der Waals surface area contributed by atoms with Crippen molar-refractivity contribution in [1.29, 1.82) is 0 Å². The molecule has 0 saturated carbocycles. The van der Waals surface area contributed by atoms with Crippen LogP contribution < -0.4 is 9.47 Å². The van der Waals surface area contributed by atoms with Crippen LogP contribution in [0.2, 0.25) is 0 Å². The Labute approximate surface area is 127 Å². The first kappa shape index (κ1) is 14.9. The Morgan fingerprint density at radius 1 is 1.35 bits per heavy atom. The fourth-order valence-electron chi connectivity index (χ4n) is 1.85. The summed E-state index contributed by atoms with van der Waals surface area (Å²) in [5.41, 5.74) is 0.824. The first-order chi connectivity index (χ1) is 9.60.